The number of nitrogens with one attached hydrogen (secondary N) is 1. The van der Waals surface area contributed by atoms with Crippen molar-refractivity contribution < 1.29 is 9.53 Å². The van der Waals surface area contributed by atoms with Gasteiger partial charge in [-0.15, -0.1) is 0 Å². The fourth-order valence-corrected chi connectivity index (χ4v) is 1.71. The van der Waals surface area contributed by atoms with Gasteiger partial charge < -0.3 is 9.72 Å². The second-order valence-electron chi connectivity index (χ2n) is 3.17. The van der Waals surface area contributed by atoms with Crippen molar-refractivity contribution >= 4 is 32.9 Å². The van der Waals surface area contributed by atoms with Crippen LogP contribution in [0.3, 0.4) is 0 Å². The molecule has 15 heavy (non-hydrogen) atoms. The molecule has 2 heterocycles. The lowest BCUT2D eigenvalue weighted by Crippen LogP contribution is -2.00. The normalized spacial score (nSPS) is 10.6. The van der Waals surface area contributed by atoms with E-state index in [4.69, 9.17) is 0 Å². The minimum atomic E-state index is -0.386. The number of pyridine rings is 1. The molecule has 0 atom stereocenters. The lowest BCUT2D eigenvalue weighted by atomic mass is 10.2. The van der Waals surface area contributed by atoms with Crippen LogP contribution >= 0.6 is 15.9 Å². The summed E-state index contributed by atoms with van der Waals surface area (Å²) in [5, 5.41) is 0.921. The highest BCUT2D eigenvalue weighted by atomic mass is 79.9. The van der Waals surface area contributed by atoms with Gasteiger partial charge in [-0.1, -0.05) is 0 Å². The predicted octanol–water partition coefficient (Wildman–Crippen LogP) is 2.42. The third-order valence-corrected chi connectivity index (χ3v) is 3.07. The van der Waals surface area contributed by atoms with E-state index in [0.717, 1.165) is 15.4 Å². The molecule has 5 heteroatoms. The average molecular weight is 269 g/mol. The SMILES string of the molecule is COC(=O)c1cc2c(C)c(Br)cnc2[nH]1. The van der Waals surface area contributed by atoms with E-state index in [0.29, 0.717) is 11.3 Å². The first-order valence-electron chi connectivity index (χ1n) is 4.35. The quantitative estimate of drug-likeness (QED) is 0.809. The molecule has 0 aliphatic heterocycles. The molecular formula is C10H9BrN2O2. The molecule has 4 nitrogen and oxygen atoms in total. The maximum absolute atomic E-state index is 11.3. The van der Waals surface area contributed by atoms with Gasteiger partial charge in [-0.05, 0) is 34.5 Å². The number of rotatable bonds is 1. The first kappa shape index (κ1) is 10.2. The van der Waals surface area contributed by atoms with Crippen molar-refractivity contribution in [3.8, 4) is 0 Å². The molecule has 1 N–H and O–H groups in total. The largest absolute Gasteiger partial charge is 0.464 e. The Labute approximate surface area is 94.8 Å². The topological polar surface area (TPSA) is 55.0 Å². The number of hydrogen-bond acceptors (Lipinski definition) is 3. The van der Waals surface area contributed by atoms with Crippen LogP contribution in [0.4, 0.5) is 0 Å². The molecule has 0 aliphatic carbocycles. The monoisotopic (exact) mass is 268 g/mol. The number of carbonyl (C=O) groups is 1. The molecule has 78 valence electrons. The third kappa shape index (κ3) is 1.63. The summed E-state index contributed by atoms with van der Waals surface area (Å²) in [7, 11) is 1.35. The molecule has 0 saturated heterocycles. The number of aryl methyl sites for hydroxylation is 1. The minimum absolute atomic E-state index is 0.386. The maximum Gasteiger partial charge on any atom is 0.354 e. The van der Waals surface area contributed by atoms with E-state index >= 15 is 0 Å². The fraction of sp³-hybridized carbons (Fsp3) is 0.200. The van der Waals surface area contributed by atoms with E-state index in [1.54, 1.807) is 12.3 Å². The first-order valence-corrected chi connectivity index (χ1v) is 5.15. The van der Waals surface area contributed by atoms with Gasteiger partial charge in [0.2, 0.25) is 0 Å². The van der Waals surface area contributed by atoms with Crippen LogP contribution in [0.1, 0.15) is 16.1 Å². The first-order chi connectivity index (χ1) is 7.13. The molecule has 0 spiro atoms. The highest BCUT2D eigenvalue weighted by Crippen LogP contribution is 2.24. The number of ether oxygens (including phenoxy) is 1. The Hall–Kier alpha value is -1.36. The Balaban J connectivity index is 2.66. The highest BCUT2D eigenvalue weighted by Gasteiger charge is 2.12. The molecule has 0 amide bonds. The number of esters is 1. The van der Waals surface area contributed by atoms with Crippen LogP contribution in [0.5, 0.6) is 0 Å². The predicted molar refractivity (Wildman–Crippen MR) is 59.9 cm³/mol. The van der Waals surface area contributed by atoms with Crippen molar-refractivity contribution in [3.63, 3.8) is 0 Å². The van der Waals surface area contributed by atoms with E-state index in [9.17, 15) is 4.79 Å². The summed E-state index contributed by atoms with van der Waals surface area (Å²) in [5.41, 5.74) is 2.16. The Morgan fingerprint density at radius 3 is 3.00 bits per heavy atom. The molecule has 0 aliphatic rings. The average Bonchev–Trinajstić information content (AvgIpc) is 2.67. The molecular weight excluding hydrogens is 260 g/mol. The lowest BCUT2D eigenvalue weighted by molar-refractivity contribution is 0.0595. The number of methoxy groups -OCH3 is 1. The molecule has 2 aromatic heterocycles. The maximum atomic E-state index is 11.3. The van der Waals surface area contributed by atoms with Gasteiger partial charge >= 0.3 is 5.97 Å². The number of hydrogen-bond donors (Lipinski definition) is 1. The molecule has 0 fully saturated rings. The van der Waals surface area contributed by atoms with Crippen LogP contribution in [0.15, 0.2) is 16.7 Å². The number of fused-ring (bicyclic) bond motifs is 1. The van der Waals surface area contributed by atoms with Gasteiger partial charge in [0.05, 0.1) is 7.11 Å². The summed E-state index contributed by atoms with van der Waals surface area (Å²) < 4.78 is 5.55. The van der Waals surface area contributed by atoms with Crippen LogP contribution in [-0.4, -0.2) is 23.0 Å². The third-order valence-electron chi connectivity index (χ3n) is 2.27. The van der Waals surface area contributed by atoms with E-state index in [1.165, 1.54) is 7.11 Å². The molecule has 2 rings (SSSR count). The van der Waals surface area contributed by atoms with Crippen molar-refractivity contribution in [2.45, 2.75) is 6.92 Å². The summed E-state index contributed by atoms with van der Waals surface area (Å²) in [6, 6.07) is 1.74. The van der Waals surface area contributed by atoms with Crippen LogP contribution in [0.25, 0.3) is 11.0 Å². The second-order valence-corrected chi connectivity index (χ2v) is 4.02. The Morgan fingerprint density at radius 1 is 1.60 bits per heavy atom. The number of aromatic nitrogens is 2. The zero-order chi connectivity index (χ0) is 11.0. The molecule has 0 aromatic carbocycles. The van der Waals surface area contributed by atoms with Gasteiger partial charge in [0.1, 0.15) is 11.3 Å². The van der Waals surface area contributed by atoms with Gasteiger partial charge in [0.15, 0.2) is 0 Å². The molecule has 0 saturated carbocycles. The lowest BCUT2D eigenvalue weighted by Gasteiger charge is -1.96. The summed E-state index contributed by atoms with van der Waals surface area (Å²) in [6.07, 6.45) is 1.70. The zero-order valence-electron chi connectivity index (χ0n) is 8.30. The van der Waals surface area contributed by atoms with E-state index in [2.05, 4.69) is 30.6 Å². The summed E-state index contributed by atoms with van der Waals surface area (Å²) in [5.74, 6) is -0.386. The van der Waals surface area contributed by atoms with Gasteiger partial charge in [-0.3, -0.25) is 0 Å². The van der Waals surface area contributed by atoms with Crippen molar-refractivity contribution in [2.75, 3.05) is 7.11 Å². The Kier molecular flexibility index (Phi) is 2.48. The van der Waals surface area contributed by atoms with Crippen molar-refractivity contribution in [2.24, 2.45) is 0 Å². The smallest absolute Gasteiger partial charge is 0.354 e. The van der Waals surface area contributed by atoms with E-state index in [-0.39, 0.29) is 5.97 Å². The van der Waals surface area contributed by atoms with Crippen LogP contribution in [0.2, 0.25) is 0 Å². The van der Waals surface area contributed by atoms with Crippen LogP contribution in [0, 0.1) is 6.92 Å². The highest BCUT2D eigenvalue weighted by molar-refractivity contribution is 9.10. The number of halogens is 1. The fourth-order valence-electron chi connectivity index (χ4n) is 1.40. The van der Waals surface area contributed by atoms with Gasteiger partial charge in [0.25, 0.3) is 0 Å². The Morgan fingerprint density at radius 2 is 2.33 bits per heavy atom. The number of H-pyrrole nitrogens is 1. The summed E-state index contributed by atoms with van der Waals surface area (Å²) in [4.78, 5) is 18.4. The van der Waals surface area contributed by atoms with Crippen LogP contribution < -0.4 is 0 Å². The molecule has 0 unspecified atom stereocenters. The summed E-state index contributed by atoms with van der Waals surface area (Å²) >= 11 is 3.39. The van der Waals surface area contributed by atoms with Gasteiger partial charge in [-0.25, -0.2) is 9.78 Å². The standard InChI is InChI=1S/C10H9BrN2O2/c1-5-6-3-8(10(14)15-2)13-9(6)12-4-7(5)11/h3-4H,1-2H3,(H,12,13). The van der Waals surface area contributed by atoms with Gasteiger partial charge in [-0.2, -0.15) is 0 Å². The second kappa shape index (κ2) is 3.66. The molecule has 2 aromatic rings. The van der Waals surface area contributed by atoms with Crippen LogP contribution in [-0.2, 0) is 4.74 Å². The Bertz CT molecular complexity index is 533. The van der Waals surface area contributed by atoms with Gasteiger partial charge in [0, 0.05) is 16.1 Å². The number of carbonyl (C=O) groups excluding carboxylic acids is 1. The number of nitrogens with zero attached hydrogens (tertiary/aromatic N) is 1. The van der Waals surface area contributed by atoms with E-state index in [1.807, 2.05) is 6.92 Å². The summed E-state index contributed by atoms with van der Waals surface area (Å²) in [6.45, 7) is 1.96. The van der Waals surface area contributed by atoms with Crippen molar-refractivity contribution in [3.05, 3.63) is 28.0 Å². The van der Waals surface area contributed by atoms with E-state index < -0.39 is 0 Å². The molecule has 0 radical (unpaired) electrons. The number of aromatic amines is 1. The molecule has 0 bridgehead atoms. The van der Waals surface area contributed by atoms with Crippen molar-refractivity contribution in [1.29, 1.82) is 0 Å². The minimum Gasteiger partial charge on any atom is -0.464 e. The van der Waals surface area contributed by atoms with Crippen molar-refractivity contribution in [1.82, 2.24) is 9.97 Å². The zero-order valence-corrected chi connectivity index (χ0v) is 9.88.